The lowest BCUT2D eigenvalue weighted by Crippen LogP contribution is -2.28. The van der Waals surface area contributed by atoms with E-state index in [1.165, 1.54) is 23.4 Å². The quantitative estimate of drug-likeness (QED) is 0.902. The van der Waals surface area contributed by atoms with E-state index in [1.807, 2.05) is 6.07 Å². The Morgan fingerprint density at radius 2 is 2.33 bits per heavy atom. The van der Waals surface area contributed by atoms with Gasteiger partial charge in [-0.25, -0.2) is 4.98 Å². The lowest BCUT2D eigenvalue weighted by atomic mass is 10.0. The molecule has 1 aromatic heterocycles. The molecule has 2 aromatic rings. The van der Waals surface area contributed by atoms with Gasteiger partial charge in [-0.3, -0.25) is 0 Å². The zero-order valence-corrected chi connectivity index (χ0v) is 12.4. The molecule has 0 radical (unpaired) electrons. The number of thiazole rings is 1. The summed E-state index contributed by atoms with van der Waals surface area (Å²) in [6, 6.07) is 8.34. The summed E-state index contributed by atoms with van der Waals surface area (Å²) in [5, 5.41) is 6.90. The van der Waals surface area contributed by atoms with E-state index >= 15 is 0 Å². The first-order valence-corrected chi connectivity index (χ1v) is 7.92. The van der Waals surface area contributed by atoms with E-state index in [0.717, 1.165) is 23.3 Å². The summed E-state index contributed by atoms with van der Waals surface area (Å²) in [6.07, 6.45) is 2.52. The molecule has 1 saturated heterocycles. The fraction of sp³-hybridized carbons (Fsp3) is 0.357. The van der Waals surface area contributed by atoms with E-state index in [2.05, 4.69) is 44.8 Å². The molecule has 1 unspecified atom stereocenters. The van der Waals surface area contributed by atoms with Crippen LogP contribution in [0, 0.1) is 0 Å². The molecule has 94 valence electrons. The maximum Gasteiger partial charge on any atom is 0.0976 e. The van der Waals surface area contributed by atoms with Crippen molar-refractivity contribution in [1.82, 2.24) is 10.3 Å². The molecule has 4 heteroatoms. The van der Waals surface area contributed by atoms with E-state index in [-0.39, 0.29) is 0 Å². The first-order valence-electron chi connectivity index (χ1n) is 6.25. The normalized spacial score (nSPS) is 19.9. The highest BCUT2D eigenvalue weighted by molar-refractivity contribution is 9.10. The van der Waals surface area contributed by atoms with E-state index in [9.17, 15) is 0 Å². The highest BCUT2D eigenvalue weighted by Gasteiger charge is 2.18. The first-order chi connectivity index (χ1) is 8.83. The van der Waals surface area contributed by atoms with E-state index in [4.69, 9.17) is 4.98 Å². The maximum atomic E-state index is 4.80. The Kier molecular flexibility index (Phi) is 3.77. The summed E-state index contributed by atoms with van der Waals surface area (Å²) in [5.74, 6) is 0.602. The third-order valence-electron chi connectivity index (χ3n) is 3.29. The van der Waals surface area contributed by atoms with Crippen LogP contribution < -0.4 is 5.32 Å². The topological polar surface area (TPSA) is 24.9 Å². The van der Waals surface area contributed by atoms with Crippen molar-refractivity contribution >= 4 is 27.3 Å². The molecule has 18 heavy (non-hydrogen) atoms. The van der Waals surface area contributed by atoms with Crippen LogP contribution >= 0.6 is 27.3 Å². The van der Waals surface area contributed by atoms with Crippen LogP contribution in [0.2, 0.25) is 0 Å². The number of aromatic nitrogens is 1. The Bertz CT molecular complexity index is 532. The van der Waals surface area contributed by atoms with E-state index in [1.54, 1.807) is 11.3 Å². The molecular formula is C14H15BrN2S. The third-order valence-corrected chi connectivity index (χ3v) is 4.79. The van der Waals surface area contributed by atoms with Gasteiger partial charge >= 0.3 is 0 Å². The highest BCUT2D eigenvalue weighted by Crippen LogP contribution is 2.30. The third kappa shape index (κ3) is 2.66. The van der Waals surface area contributed by atoms with Gasteiger partial charge in [0.1, 0.15) is 0 Å². The Morgan fingerprint density at radius 1 is 1.39 bits per heavy atom. The number of piperidine rings is 1. The SMILES string of the molecule is Brc1cccc(-c2csc(C3CCCNC3)n2)c1. The average Bonchev–Trinajstić information content (AvgIpc) is 2.89. The molecule has 1 atom stereocenters. The van der Waals surface area contributed by atoms with Crippen LogP contribution in [-0.2, 0) is 0 Å². The predicted molar refractivity (Wildman–Crippen MR) is 80.1 cm³/mol. The zero-order chi connectivity index (χ0) is 12.4. The molecule has 1 N–H and O–H groups in total. The second-order valence-corrected chi connectivity index (χ2v) is 6.43. The Balaban J connectivity index is 1.84. The number of nitrogens with one attached hydrogen (secondary N) is 1. The number of hydrogen-bond donors (Lipinski definition) is 1. The molecule has 1 fully saturated rings. The lowest BCUT2D eigenvalue weighted by Gasteiger charge is -2.20. The molecular weight excluding hydrogens is 308 g/mol. The molecule has 1 aromatic carbocycles. The van der Waals surface area contributed by atoms with Crippen molar-refractivity contribution in [1.29, 1.82) is 0 Å². The zero-order valence-electron chi connectivity index (χ0n) is 10.0. The van der Waals surface area contributed by atoms with Crippen molar-refractivity contribution < 1.29 is 0 Å². The molecule has 0 saturated carbocycles. The summed E-state index contributed by atoms with van der Waals surface area (Å²) in [7, 11) is 0. The minimum Gasteiger partial charge on any atom is -0.316 e. The number of nitrogens with zero attached hydrogens (tertiary/aromatic N) is 1. The lowest BCUT2D eigenvalue weighted by molar-refractivity contribution is 0.460. The predicted octanol–water partition coefficient (Wildman–Crippen LogP) is 4.04. The molecule has 3 rings (SSSR count). The highest BCUT2D eigenvalue weighted by atomic mass is 79.9. The van der Waals surface area contributed by atoms with Crippen LogP contribution in [0.4, 0.5) is 0 Å². The number of rotatable bonds is 2. The van der Waals surface area contributed by atoms with Crippen molar-refractivity contribution in [3.8, 4) is 11.3 Å². The van der Waals surface area contributed by atoms with Gasteiger partial charge in [0, 0.05) is 27.9 Å². The fourth-order valence-corrected chi connectivity index (χ4v) is 3.68. The minimum atomic E-state index is 0.602. The largest absolute Gasteiger partial charge is 0.316 e. The van der Waals surface area contributed by atoms with Gasteiger partial charge < -0.3 is 5.32 Å². The van der Waals surface area contributed by atoms with Gasteiger partial charge in [0.15, 0.2) is 0 Å². The first kappa shape index (κ1) is 12.3. The van der Waals surface area contributed by atoms with Crippen LogP contribution in [0.3, 0.4) is 0 Å². The summed E-state index contributed by atoms with van der Waals surface area (Å²) < 4.78 is 1.11. The molecule has 0 amide bonds. The summed E-state index contributed by atoms with van der Waals surface area (Å²) >= 11 is 5.30. The average molecular weight is 323 g/mol. The number of benzene rings is 1. The van der Waals surface area contributed by atoms with Crippen molar-refractivity contribution in [3.63, 3.8) is 0 Å². The van der Waals surface area contributed by atoms with Gasteiger partial charge in [0.05, 0.1) is 10.7 Å². The Morgan fingerprint density at radius 3 is 3.11 bits per heavy atom. The van der Waals surface area contributed by atoms with Crippen molar-refractivity contribution in [2.24, 2.45) is 0 Å². The van der Waals surface area contributed by atoms with Gasteiger partial charge in [0.25, 0.3) is 0 Å². The van der Waals surface area contributed by atoms with Crippen LogP contribution in [-0.4, -0.2) is 18.1 Å². The summed E-state index contributed by atoms with van der Waals surface area (Å²) in [6.45, 7) is 2.23. The minimum absolute atomic E-state index is 0.602. The molecule has 0 aliphatic carbocycles. The number of hydrogen-bond acceptors (Lipinski definition) is 3. The van der Waals surface area contributed by atoms with Crippen LogP contribution in [0.25, 0.3) is 11.3 Å². The number of halogens is 1. The fourth-order valence-electron chi connectivity index (χ4n) is 2.32. The van der Waals surface area contributed by atoms with Crippen LogP contribution in [0.5, 0.6) is 0 Å². The second-order valence-electron chi connectivity index (χ2n) is 4.62. The molecule has 0 bridgehead atoms. The summed E-state index contributed by atoms with van der Waals surface area (Å²) in [5.41, 5.74) is 2.29. The van der Waals surface area contributed by atoms with Gasteiger partial charge in [-0.1, -0.05) is 28.1 Å². The van der Waals surface area contributed by atoms with Gasteiger partial charge in [-0.2, -0.15) is 0 Å². The molecule has 0 spiro atoms. The van der Waals surface area contributed by atoms with E-state index < -0.39 is 0 Å². The van der Waals surface area contributed by atoms with Crippen LogP contribution in [0.15, 0.2) is 34.1 Å². The maximum absolute atomic E-state index is 4.80. The molecule has 2 nitrogen and oxygen atoms in total. The second kappa shape index (κ2) is 5.51. The summed E-state index contributed by atoms with van der Waals surface area (Å²) in [4.78, 5) is 4.80. The standard InChI is InChI=1S/C14H15BrN2S/c15-12-5-1-3-10(7-12)13-9-18-14(17-13)11-4-2-6-16-8-11/h1,3,5,7,9,11,16H,2,4,6,8H2. The van der Waals surface area contributed by atoms with Crippen molar-refractivity contribution in [2.45, 2.75) is 18.8 Å². The molecule has 1 aliphatic heterocycles. The van der Waals surface area contributed by atoms with E-state index in [0.29, 0.717) is 5.92 Å². The van der Waals surface area contributed by atoms with Crippen LogP contribution in [0.1, 0.15) is 23.8 Å². The monoisotopic (exact) mass is 322 g/mol. The van der Waals surface area contributed by atoms with Gasteiger partial charge in [0.2, 0.25) is 0 Å². The molecule has 1 aliphatic rings. The van der Waals surface area contributed by atoms with Crippen molar-refractivity contribution in [2.75, 3.05) is 13.1 Å². The van der Waals surface area contributed by atoms with Crippen molar-refractivity contribution in [3.05, 3.63) is 39.1 Å². The smallest absolute Gasteiger partial charge is 0.0976 e. The van der Waals surface area contributed by atoms with Gasteiger partial charge in [-0.15, -0.1) is 11.3 Å². The Hall–Kier alpha value is -0.710. The molecule has 2 heterocycles. The van der Waals surface area contributed by atoms with Gasteiger partial charge in [-0.05, 0) is 31.5 Å². The Labute approximate surface area is 120 Å².